The molecule has 10 aromatic rings. The molecule has 0 aliphatic heterocycles. The fourth-order valence-electron chi connectivity index (χ4n) is 7.02. The Labute approximate surface area is 331 Å². The van der Waals surface area contributed by atoms with Crippen molar-refractivity contribution in [1.82, 2.24) is 19.5 Å². The minimum atomic E-state index is -0.515. The first-order chi connectivity index (χ1) is 30.6. The molecular weight excluding hydrogens is 669 g/mol. The topological polar surface area (TPSA) is 43.6 Å². The number of fused-ring (bicyclic) bond motifs is 3. The summed E-state index contributed by atoms with van der Waals surface area (Å²) in [6, 6.07) is 47.5. The summed E-state index contributed by atoms with van der Waals surface area (Å²) in [6.07, 6.45) is 0. The number of hydrogen-bond donors (Lipinski definition) is 0. The summed E-state index contributed by atoms with van der Waals surface area (Å²) in [5.74, 6) is 1.01. The molecule has 2 aromatic heterocycles. The van der Waals surface area contributed by atoms with E-state index in [4.69, 9.17) is 23.2 Å². The molecule has 0 aliphatic carbocycles. The molecule has 8 aromatic carbocycles. The van der Waals surface area contributed by atoms with Gasteiger partial charge in [0, 0.05) is 27.5 Å². The van der Waals surface area contributed by atoms with Gasteiger partial charge in [0.25, 0.3) is 0 Å². The highest BCUT2D eigenvalue weighted by Crippen LogP contribution is 2.38. The van der Waals surface area contributed by atoms with Crippen LogP contribution in [0.15, 0.2) is 206 Å². The third-order valence-corrected chi connectivity index (χ3v) is 9.76. The predicted octanol–water partition coefficient (Wildman–Crippen LogP) is 13.0. The lowest BCUT2D eigenvalue weighted by Gasteiger charge is -2.16. The van der Waals surface area contributed by atoms with Crippen molar-refractivity contribution in [3.05, 3.63) is 206 Å². The number of rotatable bonds is 7. The lowest BCUT2D eigenvalue weighted by molar-refractivity contribution is 1.06. The highest BCUT2D eigenvalue weighted by atomic mass is 15.1. The zero-order valence-electron chi connectivity index (χ0n) is 37.3. The van der Waals surface area contributed by atoms with E-state index in [1.54, 1.807) is 0 Å². The van der Waals surface area contributed by atoms with Crippen molar-refractivity contribution in [3.8, 4) is 73.2 Å². The van der Waals surface area contributed by atoms with Gasteiger partial charge in [0.2, 0.25) is 0 Å². The molecule has 0 spiro atoms. The average Bonchev–Trinajstić information content (AvgIpc) is 3.71. The normalized spacial score (nSPS) is 13.3. The van der Waals surface area contributed by atoms with Crippen molar-refractivity contribution in [1.29, 1.82) is 0 Å². The van der Waals surface area contributed by atoms with Gasteiger partial charge < -0.3 is 4.57 Å². The molecular formula is C51H34N4. The summed E-state index contributed by atoms with van der Waals surface area (Å²) in [5, 5.41) is -0.0437. The van der Waals surface area contributed by atoms with Gasteiger partial charge in [-0.2, -0.15) is 0 Å². The van der Waals surface area contributed by atoms with Crippen molar-refractivity contribution in [3.63, 3.8) is 0 Å². The Morgan fingerprint density at radius 2 is 0.709 bits per heavy atom. The minimum Gasteiger partial charge on any atom is -0.308 e. The van der Waals surface area contributed by atoms with Crippen molar-refractivity contribution in [2.45, 2.75) is 0 Å². The molecule has 0 N–H and O–H groups in total. The van der Waals surface area contributed by atoms with Gasteiger partial charge in [-0.25, -0.2) is 15.0 Å². The van der Waals surface area contributed by atoms with E-state index in [0.29, 0.717) is 22.9 Å². The number of nitrogens with zero attached hydrogens (tertiary/aromatic N) is 4. The van der Waals surface area contributed by atoms with E-state index >= 15 is 0 Å². The molecule has 2 heterocycles. The van der Waals surface area contributed by atoms with Crippen LogP contribution in [0.1, 0.15) is 11.0 Å². The fourth-order valence-corrected chi connectivity index (χ4v) is 7.02. The van der Waals surface area contributed by atoms with Gasteiger partial charge in [-0.3, -0.25) is 0 Å². The van der Waals surface area contributed by atoms with Crippen LogP contribution in [0.2, 0.25) is 0 Å². The van der Waals surface area contributed by atoms with Crippen LogP contribution < -0.4 is 0 Å². The van der Waals surface area contributed by atoms with Gasteiger partial charge in [-0.1, -0.05) is 182 Å². The molecule has 4 heteroatoms. The maximum absolute atomic E-state index is 9.30. The van der Waals surface area contributed by atoms with Gasteiger partial charge >= 0.3 is 0 Å². The number of benzene rings is 8. The minimum absolute atomic E-state index is 0.00473. The highest BCUT2D eigenvalue weighted by Gasteiger charge is 2.20. The lowest BCUT2D eigenvalue weighted by atomic mass is 9.98. The Kier molecular flexibility index (Phi) is 6.23. The monoisotopic (exact) mass is 710 g/mol. The standard InChI is InChI=1S/C51H34N4/c1-4-14-35(15-5-1)37-24-26-39(27-25-37)42-32-33-45(48(34-42)55-46-22-12-10-20-43(46)44-21-11-13-23-47(44)55)51-53-49(40-18-8-3-9-19-40)52-50(54-51)41-30-28-38(29-31-41)36-16-6-2-7-17-36/h1-34H/i10D,11D,12D,13D,20D,21D,22D,23D. The largest absolute Gasteiger partial charge is 0.308 e. The maximum atomic E-state index is 9.30. The van der Waals surface area contributed by atoms with E-state index in [1.165, 1.54) is 4.57 Å². The first kappa shape index (κ1) is 24.7. The van der Waals surface area contributed by atoms with Crippen LogP contribution in [-0.2, 0) is 0 Å². The molecule has 4 nitrogen and oxygen atoms in total. The molecule has 0 saturated heterocycles. The first-order valence-corrected chi connectivity index (χ1v) is 17.9. The van der Waals surface area contributed by atoms with Crippen molar-refractivity contribution in [2.24, 2.45) is 0 Å². The van der Waals surface area contributed by atoms with E-state index in [-0.39, 0.29) is 27.6 Å². The second kappa shape index (κ2) is 13.8. The Morgan fingerprint density at radius 1 is 0.345 bits per heavy atom. The van der Waals surface area contributed by atoms with Gasteiger partial charge in [-0.05, 0) is 57.6 Å². The van der Waals surface area contributed by atoms with E-state index < -0.39 is 48.3 Å². The highest BCUT2D eigenvalue weighted by molar-refractivity contribution is 6.09. The third-order valence-electron chi connectivity index (χ3n) is 9.76. The second-order valence-electron chi connectivity index (χ2n) is 13.1. The first-order valence-electron chi connectivity index (χ1n) is 21.9. The van der Waals surface area contributed by atoms with Crippen LogP contribution in [0, 0.1) is 0 Å². The van der Waals surface area contributed by atoms with Crippen LogP contribution >= 0.6 is 0 Å². The summed E-state index contributed by atoms with van der Waals surface area (Å²) in [6.45, 7) is 0. The molecule has 10 rings (SSSR count). The summed E-state index contributed by atoms with van der Waals surface area (Å²) in [4.78, 5) is 15.1. The summed E-state index contributed by atoms with van der Waals surface area (Å²) < 4.78 is 73.1. The lowest BCUT2D eigenvalue weighted by Crippen LogP contribution is -2.04. The van der Waals surface area contributed by atoms with Gasteiger partial charge in [0.05, 0.1) is 27.7 Å². The van der Waals surface area contributed by atoms with E-state index in [1.807, 2.05) is 158 Å². The van der Waals surface area contributed by atoms with E-state index in [9.17, 15) is 2.74 Å². The van der Waals surface area contributed by atoms with Gasteiger partial charge in [0.15, 0.2) is 17.5 Å². The third kappa shape index (κ3) is 6.06. The predicted molar refractivity (Wildman–Crippen MR) is 227 cm³/mol. The van der Waals surface area contributed by atoms with Crippen molar-refractivity contribution < 1.29 is 11.0 Å². The summed E-state index contributed by atoms with van der Waals surface area (Å²) >= 11 is 0. The van der Waals surface area contributed by atoms with Crippen LogP contribution in [0.25, 0.3) is 95.0 Å². The second-order valence-corrected chi connectivity index (χ2v) is 13.1. The van der Waals surface area contributed by atoms with Crippen LogP contribution in [-0.4, -0.2) is 19.5 Å². The van der Waals surface area contributed by atoms with Gasteiger partial charge in [0.1, 0.15) is 0 Å². The quantitative estimate of drug-likeness (QED) is 0.165. The maximum Gasteiger partial charge on any atom is 0.166 e. The molecule has 0 bridgehead atoms. The van der Waals surface area contributed by atoms with Crippen LogP contribution in [0.3, 0.4) is 0 Å². The molecule has 55 heavy (non-hydrogen) atoms. The molecule has 0 amide bonds. The van der Waals surface area contributed by atoms with Crippen LogP contribution in [0.5, 0.6) is 0 Å². The number of hydrogen-bond acceptors (Lipinski definition) is 3. The fraction of sp³-hybridized carbons (Fsp3) is 0. The van der Waals surface area contributed by atoms with Gasteiger partial charge in [-0.15, -0.1) is 0 Å². The molecule has 0 unspecified atom stereocenters. The van der Waals surface area contributed by atoms with Crippen molar-refractivity contribution >= 4 is 21.8 Å². The summed E-state index contributed by atoms with van der Waals surface area (Å²) in [5.41, 5.74) is 7.96. The Hall–Kier alpha value is -7.43. The SMILES string of the molecule is [2H]c1c([2H])c([2H])c2c(c1[2H])c1c([2H])c([2H])c([2H])c([2H])c1n2-c1cc(-c2ccc(-c3ccccc3)cc2)ccc1-c1nc(-c2ccccc2)nc(-c2ccc(-c3ccccc3)cc2)n1. The smallest absolute Gasteiger partial charge is 0.166 e. The molecule has 0 aliphatic rings. The molecule has 258 valence electrons. The number of aromatic nitrogens is 4. The van der Waals surface area contributed by atoms with E-state index in [0.717, 1.165) is 44.5 Å². The average molecular weight is 711 g/mol. The van der Waals surface area contributed by atoms with E-state index in [2.05, 4.69) is 0 Å². The zero-order chi connectivity index (χ0) is 43.5. The van der Waals surface area contributed by atoms with Crippen LogP contribution in [0.4, 0.5) is 0 Å². The number of para-hydroxylation sites is 2. The Bertz CT molecular complexity index is 3320. The Balaban J connectivity index is 1.28. The molecule has 0 radical (unpaired) electrons. The molecule has 0 saturated carbocycles. The summed E-state index contributed by atoms with van der Waals surface area (Å²) in [7, 11) is 0. The Morgan fingerprint density at radius 3 is 1.22 bits per heavy atom. The zero-order valence-corrected chi connectivity index (χ0v) is 29.3. The van der Waals surface area contributed by atoms with Crippen molar-refractivity contribution in [2.75, 3.05) is 0 Å². The molecule has 0 fully saturated rings. The molecule has 0 atom stereocenters.